The number of urea groups is 1. The van der Waals surface area contributed by atoms with Crippen molar-refractivity contribution in [3.8, 4) is 0 Å². The highest BCUT2D eigenvalue weighted by molar-refractivity contribution is 5.89. The predicted molar refractivity (Wildman–Crippen MR) is 85.1 cm³/mol. The number of nitrogens with one attached hydrogen (secondary N) is 2. The van der Waals surface area contributed by atoms with Gasteiger partial charge in [-0.05, 0) is 37.6 Å². The second-order valence-corrected chi connectivity index (χ2v) is 5.11. The lowest BCUT2D eigenvalue weighted by molar-refractivity contribution is 0.222. The monoisotopic (exact) mass is 277 g/mol. The third kappa shape index (κ3) is 5.21. The molecule has 1 unspecified atom stereocenters. The fraction of sp³-hybridized carbons (Fsp3) is 0.562. The number of amides is 2. The molecule has 1 atom stereocenters. The van der Waals surface area contributed by atoms with Gasteiger partial charge < -0.3 is 15.5 Å². The highest BCUT2D eigenvalue weighted by Crippen LogP contribution is 2.16. The number of hydrogen-bond donors (Lipinski definition) is 2. The maximum atomic E-state index is 11.9. The van der Waals surface area contributed by atoms with Crippen molar-refractivity contribution in [3.05, 3.63) is 29.8 Å². The fourth-order valence-electron chi connectivity index (χ4n) is 1.99. The molecule has 2 amide bonds. The van der Waals surface area contributed by atoms with Crippen LogP contribution in [0.25, 0.3) is 0 Å². The van der Waals surface area contributed by atoms with Crippen LogP contribution in [-0.2, 0) is 0 Å². The lowest BCUT2D eigenvalue weighted by atomic mass is 10.1. The van der Waals surface area contributed by atoms with E-state index < -0.39 is 0 Å². The Morgan fingerprint density at radius 3 is 2.45 bits per heavy atom. The number of hydrogen-bond acceptors (Lipinski definition) is 2. The van der Waals surface area contributed by atoms with Crippen molar-refractivity contribution in [1.82, 2.24) is 10.2 Å². The SMILES string of the molecule is CCCCN(C)C(=O)Nc1ccc(C(C)NCC)cc1. The van der Waals surface area contributed by atoms with Crippen molar-refractivity contribution in [1.29, 1.82) is 0 Å². The van der Waals surface area contributed by atoms with Gasteiger partial charge >= 0.3 is 6.03 Å². The molecule has 0 aromatic heterocycles. The Hall–Kier alpha value is -1.55. The highest BCUT2D eigenvalue weighted by Gasteiger charge is 2.08. The van der Waals surface area contributed by atoms with Crippen LogP contribution in [0, 0.1) is 0 Å². The van der Waals surface area contributed by atoms with Crippen molar-refractivity contribution < 1.29 is 4.79 Å². The van der Waals surface area contributed by atoms with Gasteiger partial charge in [0.25, 0.3) is 0 Å². The van der Waals surface area contributed by atoms with E-state index in [9.17, 15) is 4.79 Å². The summed E-state index contributed by atoms with van der Waals surface area (Å²) in [4.78, 5) is 13.7. The van der Waals surface area contributed by atoms with E-state index in [0.717, 1.165) is 31.6 Å². The number of carbonyl (C=O) groups is 1. The Labute approximate surface area is 122 Å². The molecule has 0 saturated carbocycles. The Bertz CT molecular complexity index is 403. The molecule has 0 radical (unpaired) electrons. The molecule has 4 nitrogen and oxygen atoms in total. The van der Waals surface area contributed by atoms with Gasteiger partial charge in [-0.25, -0.2) is 4.79 Å². The van der Waals surface area contributed by atoms with Gasteiger partial charge in [0.05, 0.1) is 0 Å². The van der Waals surface area contributed by atoms with Crippen LogP contribution in [0.15, 0.2) is 24.3 Å². The standard InChI is InChI=1S/C16H27N3O/c1-5-7-12-19(4)16(20)18-15-10-8-14(9-11-15)13(3)17-6-2/h8-11,13,17H,5-7,12H2,1-4H3,(H,18,20). The predicted octanol–water partition coefficient (Wildman–Crippen LogP) is 3.62. The Kier molecular flexibility index (Phi) is 7.09. The van der Waals surface area contributed by atoms with Crippen molar-refractivity contribution in [2.24, 2.45) is 0 Å². The molecule has 20 heavy (non-hydrogen) atoms. The Balaban J connectivity index is 2.54. The third-order valence-corrected chi connectivity index (χ3v) is 3.37. The summed E-state index contributed by atoms with van der Waals surface area (Å²) in [5.74, 6) is 0. The average molecular weight is 277 g/mol. The van der Waals surface area contributed by atoms with E-state index in [4.69, 9.17) is 0 Å². The summed E-state index contributed by atoms with van der Waals surface area (Å²) < 4.78 is 0. The van der Waals surface area contributed by atoms with Crippen molar-refractivity contribution in [2.75, 3.05) is 25.5 Å². The smallest absolute Gasteiger partial charge is 0.321 e. The zero-order valence-corrected chi connectivity index (χ0v) is 13.1. The van der Waals surface area contributed by atoms with Crippen LogP contribution in [0.4, 0.5) is 10.5 Å². The fourth-order valence-corrected chi connectivity index (χ4v) is 1.99. The van der Waals surface area contributed by atoms with E-state index in [1.807, 2.05) is 19.2 Å². The molecule has 1 aromatic rings. The molecule has 0 spiro atoms. The molecule has 1 rings (SSSR count). The van der Waals surface area contributed by atoms with Crippen LogP contribution >= 0.6 is 0 Å². The molecule has 0 heterocycles. The Morgan fingerprint density at radius 1 is 1.25 bits per heavy atom. The summed E-state index contributed by atoms with van der Waals surface area (Å²) in [5, 5.41) is 6.28. The van der Waals surface area contributed by atoms with Crippen LogP contribution in [0.5, 0.6) is 0 Å². The summed E-state index contributed by atoms with van der Waals surface area (Å²) in [6.45, 7) is 8.09. The van der Waals surface area contributed by atoms with E-state index in [-0.39, 0.29) is 6.03 Å². The van der Waals surface area contributed by atoms with Gasteiger partial charge in [-0.3, -0.25) is 0 Å². The Morgan fingerprint density at radius 2 is 1.90 bits per heavy atom. The van der Waals surface area contributed by atoms with Crippen LogP contribution in [0.3, 0.4) is 0 Å². The van der Waals surface area contributed by atoms with Crippen molar-refractivity contribution >= 4 is 11.7 Å². The quantitative estimate of drug-likeness (QED) is 0.799. The van der Waals surface area contributed by atoms with Crippen LogP contribution in [0.1, 0.15) is 45.2 Å². The second kappa shape index (κ2) is 8.59. The number of rotatable bonds is 7. The summed E-state index contributed by atoms with van der Waals surface area (Å²) in [7, 11) is 1.83. The van der Waals surface area contributed by atoms with Crippen LogP contribution in [0.2, 0.25) is 0 Å². The lowest BCUT2D eigenvalue weighted by Gasteiger charge is -2.18. The van der Waals surface area contributed by atoms with Crippen molar-refractivity contribution in [3.63, 3.8) is 0 Å². The van der Waals surface area contributed by atoms with E-state index in [0.29, 0.717) is 6.04 Å². The number of anilines is 1. The van der Waals surface area contributed by atoms with E-state index in [1.54, 1.807) is 4.90 Å². The first-order valence-electron chi connectivity index (χ1n) is 7.44. The van der Waals surface area contributed by atoms with Gasteiger partial charge in [0.1, 0.15) is 0 Å². The highest BCUT2D eigenvalue weighted by atomic mass is 16.2. The normalized spacial score (nSPS) is 12.0. The number of nitrogens with zero attached hydrogens (tertiary/aromatic N) is 1. The topological polar surface area (TPSA) is 44.4 Å². The lowest BCUT2D eigenvalue weighted by Crippen LogP contribution is -2.32. The molecule has 0 saturated heterocycles. The average Bonchev–Trinajstić information content (AvgIpc) is 2.45. The molecule has 112 valence electrons. The van der Waals surface area contributed by atoms with Gasteiger partial charge in [0, 0.05) is 25.3 Å². The largest absolute Gasteiger partial charge is 0.328 e. The first-order chi connectivity index (χ1) is 9.58. The van der Waals surface area contributed by atoms with Crippen LogP contribution < -0.4 is 10.6 Å². The molecule has 0 aliphatic carbocycles. The molecule has 0 aliphatic heterocycles. The zero-order chi connectivity index (χ0) is 15.0. The van der Waals surface area contributed by atoms with E-state index in [1.165, 1.54) is 5.56 Å². The summed E-state index contributed by atoms with van der Waals surface area (Å²) in [6.07, 6.45) is 2.12. The summed E-state index contributed by atoms with van der Waals surface area (Å²) in [6, 6.07) is 8.29. The molecule has 1 aromatic carbocycles. The van der Waals surface area contributed by atoms with Crippen LogP contribution in [-0.4, -0.2) is 31.1 Å². The minimum absolute atomic E-state index is 0.0501. The third-order valence-electron chi connectivity index (χ3n) is 3.37. The zero-order valence-electron chi connectivity index (χ0n) is 13.1. The minimum Gasteiger partial charge on any atom is -0.328 e. The number of benzene rings is 1. The van der Waals surface area contributed by atoms with Gasteiger partial charge in [-0.15, -0.1) is 0 Å². The maximum absolute atomic E-state index is 11.9. The molecule has 0 fully saturated rings. The minimum atomic E-state index is -0.0501. The van der Waals surface area contributed by atoms with Crippen molar-refractivity contribution in [2.45, 2.75) is 39.7 Å². The van der Waals surface area contributed by atoms with Gasteiger partial charge in [0.15, 0.2) is 0 Å². The molecular formula is C16H27N3O. The molecule has 2 N–H and O–H groups in total. The first kappa shape index (κ1) is 16.5. The molecule has 0 aliphatic rings. The molecular weight excluding hydrogens is 250 g/mol. The van der Waals surface area contributed by atoms with Gasteiger partial charge in [0.2, 0.25) is 0 Å². The number of unbranched alkanes of at least 4 members (excludes halogenated alkanes) is 1. The molecule has 4 heteroatoms. The van der Waals surface area contributed by atoms with Gasteiger partial charge in [-0.2, -0.15) is 0 Å². The maximum Gasteiger partial charge on any atom is 0.321 e. The van der Waals surface area contributed by atoms with E-state index >= 15 is 0 Å². The molecule has 0 bridgehead atoms. The van der Waals surface area contributed by atoms with E-state index in [2.05, 4.69) is 43.5 Å². The number of carbonyl (C=O) groups excluding carboxylic acids is 1. The first-order valence-corrected chi connectivity index (χ1v) is 7.44. The summed E-state index contributed by atoms with van der Waals surface area (Å²) >= 11 is 0. The summed E-state index contributed by atoms with van der Waals surface area (Å²) in [5.41, 5.74) is 2.06. The van der Waals surface area contributed by atoms with Gasteiger partial charge in [-0.1, -0.05) is 32.4 Å². The second-order valence-electron chi connectivity index (χ2n) is 5.11.